The van der Waals surface area contributed by atoms with Crippen LogP contribution >= 0.6 is 0 Å². The average molecular weight is 397 g/mol. The average Bonchev–Trinajstić information content (AvgIpc) is 2.67. The molecule has 0 heterocycles. The number of carbonyl (C=O) groups excluding carboxylic acids is 3. The zero-order valence-electron chi connectivity index (χ0n) is 15.1. The van der Waals surface area contributed by atoms with Crippen molar-refractivity contribution in [2.45, 2.75) is 12.5 Å². The first-order valence-corrected chi connectivity index (χ1v) is 8.35. The van der Waals surface area contributed by atoms with Crippen LogP contribution in [0.2, 0.25) is 0 Å². The highest BCUT2D eigenvalue weighted by Crippen LogP contribution is 2.13. The molecule has 29 heavy (non-hydrogen) atoms. The second-order valence-corrected chi connectivity index (χ2v) is 6.05. The lowest BCUT2D eigenvalue weighted by atomic mass is 10.1. The third kappa shape index (κ3) is 5.89. The van der Waals surface area contributed by atoms with Crippen molar-refractivity contribution in [3.05, 3.63) is 65.2 Å². The number of hydrogen-bond acceptors (Lipinski definition) is 5. The number of primary amides is 1. The maximum absolute atomic E-state index is 12.3. The van der Waals surface area contributed by atoms with Crippen LogP contribution in [-0.4, -0.2) is 40.7 Å². The van der Waals surface area contributed by atoms with Gasteiger partial charge in [-0.25, -0.2) is 0 Å². The summed E-state index contributed by atoms with van der Waals surface area (Å²) in [5.41, 5.74) is 11.7. The van der Waals surface area contributed by atoms with Crippen molar-refractivity contribution in [1.29, 1.82) is 5.41 Å². The number of carbonyl (C=O) groups is 4. The topological polar surface area (TPSA) is 188 Å². The Hall–Kier alpha value is -4.21. The largest absolute Gasteiger partial charge is 0.481 e. The fraction of sp³-hybridized carbons (Fsp3) is 0.105. The number of rotatable bonds is 8. The molecule has 3 amide bonds. The first-order valence-electron chi connectivity index (χ1n) is 8.35. The molecule has 0 aliphatic carbocycles. The summed E-state index contributed by atoms with van der Waals surface area (Å²) in [6, 6.07) is 10.6. The molecule has 0 saturated heterocycles. The number of hydrogen-bond donors (Lipinski definition) is 6. The van der Waals surface area contributed by atoms with Crippen LogP contribution in [-0.2, 0) is 9.59 Å². The van der Waals surface area contributed by atoms with Crippen molar-refractivity contribution in [3.8, 4) is 0 Å². The molecule has 8 N–H and O–H groups in total. The Morgan fingerprint density at radius 3 is 2.10 bits per heavy atom. The van der Waals surface area contributed by atoms with Gasteiger partial charge in [-0.1, -0.05) is 18.2 Å². The van der Waals surface area contributed by atoms with E-state index in [1.54, 1.807) is 6.07 Å². The van der Waals surface area contributed by atoms with Crippen molar-refractivity contribution in [1.82, 2.24) is 5.32 Å². The van der Waals surface area contributed by atoms with E-state index in [9.17, 15) is 19.2 Å². The van der Waals surface area contributed by atoms with Crippen LogP contribution in [0.3, 0.4) is 0 Å². The number of nitrogen functional groups attached to an aromatic ring is 1. The third-order valence-electron chi connectivity index (χ3n) is 3.87. The number of amidine groups is 1. The van der Waals surface area contributed by atoms with E-state index in [1.165, 1.54) is 42.5 Å². The lowest BCUT2D eigenvalue weighted by Crippen LogP contribution is -2.45. The molecule has 0 radical (unpaired) electrons. The summed E-state index contributed by atoms with van der Waals surface area (Å²) in [5.74, 6) is -3.53. The highest BCUT2D eigenvalue weighted by molar-refractivity contribution is 6.06. The first kappa shape index (κ1) is 21.1. The number of amides is 3. The van der Waals surface area contributed by atoms with Gasteiger partial charge in [0.1, 0.15) is 11.9 Å². The van der Waals surface area contributed by atoms with Crippen molar-refractivity contribution in [2.24, 2.45) is 11.5 Å². The molecule has 2 aromatic carbocycles. The summed E-state index contributed by atoms with van der Waals surface area (Å²) >= 11 is 0. The molecule has 150 valence electrons. The molecule has 2 aromatic rings. The monoisotopic (exact) mass is 397 g/mol. The summed E-state index contributed by atoms with van der Waals surface area (Å²) < 4.78 is 0. The predicted octanol–water partition coefficient (Wildman–Crippen LogP) is 0.281. The maximum Gasteiger partial charge on any atom is 0.305 e. The van der Waals surface area contributed by atoms with Crippen molar-refractivity contribution in [3.63, 3.8) is 0 Å². The van der Waals surface area contributed by atoms with Crippen LogP contribution in [0.15, 0.2) is 48.5 Å². The van der Waals surface area contributed by atoms with E-state index < -0.39 is 36.2 Å². The van der Waals surface area contributed by atoms with Crippen molar-refractivity contribution >= 4 is 35.2 Å². The number of benzene rings is 2. The molecule has 1 unspecified atom stereocenters. The molecular formula is C19H19N5O5. The van der Waals surface area contributed by atoms with Gasteiger partial charge in [0.2, 0.25) is 5.91 Å². The van der Waals surface area contributed by atoms with E-state index in [2.05, 4.69) is 10.6 Å². The summed E-state index contributed by atoms with van der Waals surface area (Å²) in [6.07, 6.45) is -0.645. The maximum atomic E-state index is 12.3. The van der Waals surface area contributed by atoms with Gasteiger partial charge in [-0.3, -0.25) is 24.6 Å². The lowest BCUT2D eigenvalue weighted by Gasteiger charge is -2.14. The second-order valence-electron chi connectivity index (χ2n) is 6.05. The fourth-order valence-corrected chi connectivity index (χ4v) is 2.38. The van der Waals surface area contributed by atoms with Crippen LogP contribution in [0.5, 0.6) is 0 Å². The van der Waals surface area contributed by atoms with Crippen molar-refractivity contribution < 1.29 is 24.3 Å². The number of aliphatic carboxylic acids is 1. The van der Waals surface area contributed by atoms with Crippen LogP contribution in [0.4, 0.5) is 5.69 Å². The fourth-order valence-electron chi connectivity index (χ4n) is 2.38. The second kappa shape index (κ2) is 9.13. The molecule has 2 rings (SSSR count). The lowest BCUT2D eigenvalue weighted by molar-refractivity contribution is -0.139. The minimum atomic E-state index is -1.36. The summed E-state index contributed by atoms with van der Waals surface area (Å²) in [7, 11) is 0. The molecule has 10 heteroatoms. The van der Waals surface area contributed by atoms with Gasteiger partial charge < -0.3 is 27.2 Å². The quantitative estimate of drug-likeness (QED) is 0.274. The summed E-state index contributed by atoms with van der Waals surface area (Å²) in [4.78, 5) is 46.7. The third-order valence-corrected chi connectivity index (χ3v) is 3.87. The van der Waals surface area contributed by atoms with Gasteiger partial charge in [0.15, 0.2) is 0 Å². The molecule has 0 bridgehead atoms. The molecule has 0 fully saturated rings. The van der Waals surface area contributed by atoms with Crippen LogP contribution < -0.4 is 22.1 Å². The highest BCUT2D eigenvalue weighted by atomic mass is 16.4. The minimum absolute atomic E-state index is 0.103. The van der Waals surface area contributed by atoms with Gasteiger partial charge in [-0.2, -0.15) is 0 Å². The zero-order valence-corrected chi connectivity index (χ0v) is 15.1. The van der Waals surface area contributed by atoms with Crippen LogP contribution in [0.1, 0.15) is 32.7 Å². The molecular weight excluding hydrogens is 378 g/mol. The number of anilines is 1. The number of nitrogens with two attached hydrogens (primary N) is 2. The van der Waals surface area contributed by atoms with E-state index in [4.69, 9.17) is 22.0 Å². The molecule has 1 atom stereocenters. The molecule has 0 aliphatic heterocycles. The normalized spacial score (nSPS) is 11.2. The first-order chi connectivity index (χ1) is 13.7. The Bertz CT molecular complexity index is 971. The summed E-state index contributed by atoms with van der Waals surface area (Å²) in [6.45, 7) is 0. The molecule has 0 aromatic heterocycles. The van der Waals surface area contributed by atoms with Gasteiger partial charge in [0, 0.05) is 22.4 Å². The molecule has 10 nitrogen and oxygen atoms in total. The Morgan fingerprint density at radius 1 is 0.931 bits per heavy atom. The Morgan fingerprint density at radius 2 is 1.55 bits per heavy atom. The molecule has 0 aliphatic rings. The van der Waals surface area contributed by atoms with Gasteiger partial charge >= 0.3 is 5.97 Å². The van der Waals surface area contributed by atoms with Crippen LogP contribution in [0.25, 0.3) is 0 Å². The molecule has 0 saturated carbocycles. The van der Waals surface area contributed by atoms with E-state index in [0.717, 1.165) is 0 Å². The Kier molecular flexibility index (Phi) is 6.64. The van der Waals surface area contributed by atoms with Gasteiger partial charge in [-0.05, 0) is 30.3 Å². The minimum Gasteiger partial charge on any atom is -0.481 e. The number of carboxylic acids is 1. The smallest absolute Gasteiger partial charge is 0.305 e. The van der Waals surface area contributed by atoms with E-state index in [1.807, 2.05) is 0 Å². The highest BCUT2D eigenvalue weighted by Gasteiger charge is 2.22. The summed E-state index contributed by atoms with van der Waals surface area (Å²) in [5, 5.41) is 21.0. The number of nitrogens with one attached hydrogen (secondary N) is 3. The Labute approximate surface area is 165 Å². The van der Waals surface area contributed by atoms with Gasteiger partial charge in [0.25, 0.3) is 11.8 Å². The van der Waals surface area contributed by atoms with Crippen LogP contribution in [0, 0.1) is 5.41 Å². The standard InChI is InChI=1S/C19H19N5O5/c20-16(21)10-4-6-11(7-5-10)18(28)23-13-3-1-2-12(8-13)19(29)24-14(17(22)27)9-15(25)26/h1-8,14H,9H2,(H3,20,21)(H2,22,27)(H,23,28)(H,24,29)(H,25,26). The Balaban J connectivity index is 2.10. The van der Waals surface area contributed by atoms with E-state index in [-0.39, 0.29) is 11.4 Å². The van der Waals surface area contributed by atoms with Gasteiger partial charge in [0.05, 0.1) is 6.42 Å². The van der Waals surface area contributed by atoms with Gasteiger partial charge in [-0.15, -0.1) is 0 Å². The predicted molar refractivity (Wildman–Crippen MR) is 105 cm³/mol. The molecule has 0 spiro atoms. The van der Waals surface area contributed by atoms with Crippen molar-refractivity contribution in [2.75, 3.05) is 5.32 Å². The zero-order chi connectivity index (χ0) is 21.6. The SMILES string of the molecule is N=C(N)c1ccc(C(=O)Nc2cccc(C(=O)NC(CC(=O)O)C(N)=O)c2)cc1. The van der Waals surface area contributed by atoms with E-state index in [0.29, 0.717) is 16.8 Å². The number of carboxylic acid groups (broad SMARTS) is 1. The van der Waals surface area contributed by atoms with E-state index >= 15 is 0 Å².